The standard InChI is InChI=1S/C26H31F2N7O/c1-17(2)34-14-22(15-34)30-12-20(11-29)18-7-8-35-23(13-31-24(35)10-18)19-5-4-6-21(9-19)33-25(36)32-16-26(3,27)28/h4-13,17,22H,14-16,29H2,1-3H3,(H2,32,33,36). The number of nitrogens with zero attached hydrogens (tertiary/aromatic N) is 4. The van der Waals surface area contributed by atoms with Crippen molar-refractivity contribution in [3.8, 4) is 11.3 Å². The molecule has 0 radical (unpaired) electrons. The van der Waals surface area contributed by atoms with E-state index in [1.165, 1.54) is 0 Å². The van der Waals surface area contributed by atoms with Crippen LogP contribution in [0.3, 0.4) is 0 Å². The Balaban J connectivity index is 1.48. The van der Waals surface area contributed by atoms with Gasteiger partial charge in [0.2, 0.25) is 0 Å². The molecule has 0 aliphatic carbocycles. The first-order chi connectivity index (χ1) is 17.1. The molecule has 0 saturated carbocycles. The van der Waals surface area contributed by atoms with Gasteiger partial charge in [-0.2, -0.15) is 0 Å². The quantitative estimate of drug-likeness (QED) is 0.407. The minimum Gasteiger partial charge on any atom is -0.404 e. The predicted octanol–water partition coefficient (Wildman–Crippen LogP) is 4.24. The fourth-order valence-corrected chi connectivity index (χ4v) is 3.94. The molecule has 8 nitrogen and oxygen atoms in total. The van der Waals surface area contributed by atoms with Crippen LogP contribution < -0.4 is 16.4 Å². The van der Waals surface area contributed by atoms with Crippen LogP contribution in [0.15, 0.2) is 60.0 Å². The lowest BCUT2D eigenvalue weighted by Gasteiger charge is -2.39. The van der Waals surface area contributed by atoms with Crippen molar-refractivity contribution in [3.63, 3.8) is 0 Å². The lowest BCUT2D eigenvalue weighted by molar-refractivity contribution is 0.0257. The first-order valence-electron chi connectivity index (χ1n) is 11.8. The Bertz CT molecular complexity index is 1290. The van der Waals surface area contributed by atoms with Gasteiger partial charge in [0.15, 0.2) is 0 Å². The van der Waals surface area contributed by atoms with Crippen molar-refractivity contribution in [2.75, 3.05) is 25.0 Å². The maximum absolute atomic E-state index is 13.0. The van der Waals surface area contributed by atoms with E-state index in [1.807, 2.05) is 35.0 Å². The summed E-state index contributed by atoms with van der Waals surface area (Å²) in [7, 11) is 0. The van der Waals surface area contributed by atoms with Crippen molar-refractivity contribution in [1.82, 2.24) is 19.6 Å². The number of allylic oxidation sites excluding steroid dienone is 1. The van der Waals surface area contributed by atoms with Crippen LogP contribution in [0.2, 0.25) is 0 Å². The number of likely N-dealkylation sites (tertiary alicyclic amines) is 1. The Morgan fingerprint density at radius 1 is 1.31 bits per heavy atom. The van der Waals surface area contributed by atoms with Crippen molar-refractivity contribution < 1.29 is 13.6 Å². The number of anilines is 1. The smallest absolute Gasteiger partial charge is 0.319 e. The predicted molar refractivity (Wildman–Crippen MR) is 139 cm³/mol. The molecule has 3 heterocycles. The number of imidazole rings is 1. The van der Waals surface area contributed by atoms with E-state index in [1.54, 1.807) is 30.6 Å². The summed E-state index contributed by atoms with van der Waals surface area (Å²) in [5.74, 6) is -2.98. The highest BCUT2D eigenvalue weighted by atomic mass is 19.3. The van der Waals surface area contributed by atoms with E-state index < -0.39 is 18.5 Å². The second-order valence-corrected chi connectivity index (χ2v) is 9.35. The largest absolute Gasteiger partial charge is 0.404 e. The summed E-state index contributed by atoms with van der Waals surface area (Å²) in [6.07, 6.45) is 7.02. The van der Waals surface area contributed by atoms with E-state index in [0.717, 1.165) is 48.1 Å². The molecule has 1 saturated heterocycles. The topological polar surface area (TPSA) is 100 Å². The summed E-state index contributed by atoms with van der Waals surface area (Å²) >= 11 is 0. The number of carbonyl (C=O) groups is 1. The molecule has 1 fully saturated rings. The number of hydrogen-bond donors (Lipinski definition) is 3. The number of aliphatic imine (C=N–C) groups is 1. The van der Waals surface area contributed by atoms with Gasteiger partial charge in [0, 0.05) is 61.5 Å². The molecule has 10 heteroatoms. The Kier molecular flexibility index (Phi) is 7.35. The fourth-order valence-electron chi connectivity index (χ4n) is 3.94. The molecule has 1 aromatic carbocycles. The van der Waals surface area contributed by atoms with Crippen LogP contribution in [0.25, 0.3) is 22.5 Å². The maximum Gasteiger partial charge on any atom is 0.319 e. The number of nitrogens with one attached hydrogen (secondary N) is 2. The van der Waals surface area contributed by atoms with Gasteiger partial charge in [-0.05, 0) is 43.7 Å². The summed E-state index contributed by atoms with van der Waals surface area (Å²) < 4.78 is 27.9. The Morgan fingerprint density at radius 3 is 2.78 bits per heavy atom. The number of rotatable bonds is 8. The van der Waals surface area contributed by atoms with Gasteiger partial charge >= 0.3 is 6.03 Å². The molecule has 2 aromatic heterocycles. The van der Waals surface area contributed by atoms with E-state index in [-0.39, 0.29) is 6.04 Å². The maximum atomic E-state index is 13.0. The van der Waals surface area contributed by atoms with Crippen LogP contribution in [0, 0.1) is 0 Å². The van der Waals surface area contributed by atoms with E-state index >= 15 is 0 Å². The van der Waals surface area contributed by atoms with Gasteiger partial charge in [-0.3, -0.25) is 14.3 Å². The molecule has 1 aliphatic heterocycles. The number of hydrogen-bond acceptors (Lipinski definition) is 5. The SMILES string of the molecule is CC(C)N1CC(N=CC(=CN)c2ccn3c(-c4cccc(NC(=O)NCC(C)(F)F)c4)cnc3c2)C1. The normalized spacial score (nSPS) is 15.6. The molecular formula is C26H31F2N7O. The summed E-state index contributed by atoms with van der Waals surface area (Å²) in [5, 5.41) is 4.75. The minimum atomic E-state index is -2.98. The van der Waals surface area contributed by atoms with E-state index in [9.17, 15) is 13.6 Å². The number of carbonyl (C=O) groups excluding carboxylic acids is 1. The number of fused-ring (bicyclic) bond motifs is 1. The Morgan fingerprint density at radius 2 is 2.08 bits per heavy atom. The average molecular weight is 496 g/mol. The molecule has 36 heavy (non-hydrogen) atoms. The zero-order chi connectivity index (χ0) is 25.9. The van der Waals surface area contributed by atoms with Gasteiger partial charge < -0.3 is 16.4 Å². The monoisotopic (exact) mass is 495 g/mol. The van der Waals surface area contributed by atoms with Crippen LogP contribution in [0.5, 0.6) is 0 Å². The third kappa shape index (κ3) is 6.06. The lowest BCUT2D eigenvalue weighted by atomic mass is 10.1. The van der Waals surface area contributed by atoms with Crippen molar-refractivity contribution >= 4 is 29.2 Å². The minimum absolute atomic E-state index is 0.283. The highest BCUT2D eigenvalue weighted by Crippen LogP contribution is 2.25. The number of aromatic nitrogens is 2. The average Bonchev–Trinajstić information content (AvgIpc) is 3.22. The van der Waals surface area contributed by atoms with Gasteiger partial charge in [0.1, 0.15) is 5.65 Å². The number of urea groups is 1. The highest BCUT2D eigenvalue weighted by molar-refractivity contribution is 6.10. The Hall–Kier alpha value is -3.79. The highest BCUT2D eigenvalue weighted by Gasteiger charge is 2.27. The number of amides is 2. The first kappa shape index (κ1) is 25.3. The first-order valence-corrected chi connectivity index (χ1v) is 11.8. The third-order valence-electron chi connectivity index (χ3n) is 6.05. The zero-order valence-electron chi connectivity index (χ0n) is 20.6. The van der Waals surface area contributed by atoms with Crippen LogP contribution >= 0.6 is 0 Å². The fraction of sp³-hybridized carbons (Fsp3) is 0.346. The molecule has 1 aliphatic rings. The number of alkyl halides is 2. The molecule has 190 valence electrons. The second kappa shape index (κ2) is 10.4. The molecule has 4 N–H and O–H groups in total. The molecule has 2 amide bonds. The Labute approximate surface area is 208 Å². The van der Waals surface area contributed by atoms with Gasteiger partial charge in [0.25, 0.3) is 5.92 Å². The molecule has 0 unspecified atom stereocenters. The third-order valence-corrected chi connectivity index (χ3v) is 6.05. The lowest BCUT2D eigenvalue weighted by Crippen LogP contribution is -2.52. The second-order valence-electron chi connectivity index (χ2n) is 9.35. The van der Waals surface area contributed by atoms with Crippen LogP contribution in [0.1, 0.15) is 26.3 Å². The summed E-state index contributed by atoms with van der Waals surface area (Å²) in [5.41, 5.74) is 10.5. The van der Waals surface area contributed by atoms with Crippen molar-refractivity contribution in [1.29, 1.82) is 0 Å². The molecule has 3 aromatic rings. The van der Waals surface area contributed by atoms with Crippen molar-refractivity contribution in [3.05, 3.63) is 60.6 Å². The van der Waals surface area contributed by atoms with Crippen LogP contribution in [0.4, 0.5) is 19.3 Å². The number of halogens is 2. The molecule has 0 atom stereocenters. The number of nitrogens with two attached hydrogens (primary N) is 1. The van der Waals surface area contributed by atoms with Gasteiger partial charge in [-0.1, -0.05) is 12.1 Å². The summed E-state index contributed by atoms with van der Waals surface area (Å²) in [6, 6.07) is 11.1. The summed E-state index contributed by atoms with van der Waals surface area (Å²) in [6.45, 7) is 6.28. The zero-order valence-corrected chi connectivity index (χ0v) is 20.6. The van der Waals surface area contributed by atoms with Crippen LogP contribution in [-0.2, 0) is 0 Å². The van der Waals surface area contributed by atoms with E-state index in [2.05, 4.69) is 39.4 Å². The molecular weight excluding hydrogens is 464 g/mol. The number of benzene rings is 1. The molecule has 4 rings (SSSR count). The van der Waals surface area contributed by atoms with Gasteiger partial charge in [-0.15, -0.1) is 0 Å². The van der Waals surface area contributed by atoms with Gasteiger partial charge in [-0.25, -0.2) is 18.6 Å². The van der Waals surface area contributed by atoms with Crippen molar-refractivity contribution in [2.24, 2.45) is 10.7 Å². The number of pyridine rings is 1. The van der Waals surface area contributed by atoms with Crippen LogP contribution in [-0.4, -0.2) is 64.2 Å². The van der Waals surface area contributed by atoms with Gasteiger partial charge in [0.05, 0.1) is 24.5 Å². The van der Waals surface area contributed by atoms with E-state index in [4.69, 9.17) is 5.73 Å². The molecule has 0 bridgehead atoms. The van der Waals surface area contributed by atoms with E-state index in [0.29, 0.717) is 11.7 Å². The van der Waals surface area contributed by atoms with Crippen molar-refractivity contribution in [2.45, 2.75) is 38.8 Å². The summed E-state index contributed by atoms with van der Waals surface area (Å²) in [4.78, 5) is 23.5. The molecule has 0 spiro atoms.